The molecule has 1 unspecified atom stereocenters. The summed E-state index contributed by atoms with van der Waals surface area (Å²) in [7, 11) is 0. The number of hydrogen-bond donors (Lipinski definition) is 1. The largest absolute Gasteiger partial charge is 0.354 e. The fourth-order valence-corrected chi connectivity index (χ4v) is 4.79. The Morgan fingerprint density at radius 3 is 2.90 bits per heavy atom. The van der Waals surface area contributed by atoms with Crippen LogP contribution in [0.15, 0.2) is 42.5 Å². The standard InChI is InChI=1S/C19H15NS/c1-11-5-4-7-13-15-9-17-14(10-18(15)21-19(11)13)12-6-2-3-8-16(12)20-17/h2-4,6-11,20H,5H2,1H3. The van der Waals surface area contributed by atoms with Gasteiger partial charge in [0.25, 0.3) is 0 Å². The Morgan fingerprint density at radius 2 is 1.95 bits per heavy atom. The molecule has 2 heterocycles. The van der Waals surface area contributed by atoms with E-state index in [4.69, 9.17) is 0 Å². The summed E-state index contributed by atoms with van der Waals surface area (Å²) in [5.74, 6) is 0.650. The first-order chi connectivity index (χ1) is 10.3. The smallest absolute Gasteiger partial charge is 0.0472 e. The van der Waals surface area contributed by atoms with E-state index in [0.717, 1.165) is 0 Å². The van der Waals surface area contributed by atoms with Gasteiger partial charge in [-0.15, -0.1) is 11.3 Å². The van der Waals surface area contributed by atoms with Crippen LogP contribution < -0.4 is 0 Å². The second-order valence-corrected chi connectivity index (χ2v) is 7.07. The zero-order valence-electron chi connectivity index (χ0n) is 11.8. The van der Waals surface area contributed by atoms with Gasteiger partial charge in [-0.1, -0.05) is 37.3 Å². The lowest BCUT2D eigenvalue weighted by Gasteiger charge is -2.12. The van der Waals surface area contributed by atoms with E-state index in [1.54, 1.807) is 4.88 Å². The van der Waals surface area contributed by atoms with Crippen LogP contribution >= 0.6 is 11.3 Å². The predicted molar refractivity (Wildman–Crippen MR) is 93.3 cm³/mol. The molecule has 2 heteroatoms. The van der Waals surface area contributed by atoms with Crippen molar-refractivity contribution < 1.29 is 0 Å². The van der Waals surface area contributed by atoms with Crippen molar-refractivity contribution in [3.8, 4) is 0 Å². The topological polar surface area (TPSA) is 15.8 Å². The fraction of sp³-hybridized carbons (Fsp3) is 0.158. The number of benzene rings is 2. The number of nitrogens with one attached hydrogen (secondary N) is 1. The van der Waals surface area contributed by atoms with Crippen molar-refractivity contribution in [2.24, 2.45) is 0 Å². The molecule has 2 aromatic heterocycles. The first-order valence-electron chi connectivity index (χ1n) is 7.44. The van der Waals surface area contributed by atoms with Crippen LogP contribution in [-0.2, 0) is 0 Å². The molecule has 0 saturated carbocycles. The van der Waals surface area contributed by atoms with Crippen molar-refractivity contribution in [3.63, 3.8) is 0 Å². The molecular weight excluding hydrogens is 274 g/mol. The molecule has 1 aliphatic carbocycles. The summed E-state index contributed by atoms with van der Waals surface area (Å²) in [6.45, 7) is 2.33. The van der Waals surface area contributed by atoms with Crippen LogP contribution in [0.4, 0.5) is 0 Å². The maximum absolute atomic E-state index is 3.56. The molecule has 5 rings (SSSR count). The van der Waals surface area contributed by atoms with Crippen LogP contribution in [0, 0.1) is 0 Å². The van der Waals surface area contributed by atoms with E-state index < -0.39 is 0 Å². The van der Waals surface area contributed by atoms with Crippen LogP contribution in [0.1, 0.15) is 29.7 Å². The summed E-state index contributed by atoms with van der Waals surface area (Å²) < 4.78 is 1.41. The van der Waals surface area contributed by atoms with E-state index in [1.165, 1.54) is 43.9 Å². The van der Waals surface area contributed by atoms with Gasteiger partial charge in [0, 0.05) is 36.8 Å². The van der Waals surface area contributed by atoms with Gasteiger partial charge in [0.1, 0.15) is 0 Å². The molecule has 0 fully saturated rings. The number of aromatic amines is 1. The Kier molecular flexibility index (Phi) is 2.20. The molecule has 1 nitrogen and oxygen atoms in total. The van der Waals surface area contributed by atoms with E-state index >= 15 is 0 Å². The van der Waals surface area contributed by atoms with Crippen molar-refractivity contribution in [1.29, 1.82) is 0 Å². The van der Waals surface area contributed by atoms with Gasteiger partial charge in [0.2, 0.25) is 0 Å². The third-order valence-corrected chi connectivity index (χ3v) is 6.00. The van der Waals surface area contributed by atoms with Crippen molar-refractivity contribution in [2.45, 2.75) is 19.3 Å². The lowest BCUT2D eigenvalue weighted by molar-refractivity contribution is 0.791. The van der Waals surface area contributed by atoms with E-state index in [2.05, 4.69) is 60.5 Å². The Bertz CT molecular complexity index is 1030. The minimum atomic E-state index is 0.650. The van der Waals surface area contributed by atoms with Crippen LogP contribution in [0.3, 0.4) is 0 Å². The van der Waals surface area contributed by atoms with Crippen molar-refractivity contribution in [3.05, 3.63) is 52.9 Å². The number of para-hydroxylation sites is 1. The Hall–Kier alpha value is -2.06. The first-order valence-corrected chi connectivity index (χ1v) is 8.26. The molecule has 2 aromatic carbocycles. The molecule has 0 saturated heterocycles. The van der Waals surface area contributed by atoms with E-state index in [1.807, 2.05) is 11.3 Å². The summed E-state index contributed by atoms with van der Waals surface area (Å²) in [6.07, 6.45) is 5.79. The number of thiophene rings is 1. The lowest BCUT2D eigenvalue weighted by Crippen LogP contribution is -1.94. The first kappa shape index (κ1) is 11.6. The molecule has 0 spiro atoms. The van der Waals surface area contributed by atoms with Gasteiger partial charge in [-0.25, -0.2) is 0 Å². The molecule has 4 aromatic rings. The Morgan fingerprint density at radius 1 is 1.05 bits per heavy atom. The Balaban J connectivity index is 1.94. The zero-order chi connectivity index (χ0) is 14.0. The summed E-state index contributed by atoms with van der Waals surface area (Å²) in [6, 6.07) is 13.3. The number of fused-ring (bicyclic) bond motifs is 6. The minimum Gasteiger partial charge on any atom is -0.354 e. The van der Waals surface area contributed by atoms with Gasteiger partial charge in [-0.3, -0.25) is 0 Å². The highest BCUT2D eigenvalue weighted by atomic mass is 32.1. The molecule has 0 bridgehead atoms. The molecule has 1 aliphatic rings. The average Bonchev–Trinajstić information content (AvgIpc) is 3.04. The quantitative estimate of drug-likeness (QED) is 0.405. The fourth-order valence-electron chi connectivity index (χ4n) is 3.51. The molecule has 1 atom stereocenters. The summed E-state index contributed by atoms with van der Waals surface area (Å²) in [5.41, 5.74) is 3.91. The normalized spacial score (nSPS) is 17.9. The van der Waals surface area contributed by atoms with Crippen molar-refractivity contribution in [2.75, 3.05) is 0 Å². The highest BCUT2D eigenvalue weighted by Crippen LogP contribution is 2.43. The van der Waals surface area contributed by atoms with Crippen LogP contribution in [0.5, 0.6) is 0 Å². The van der Waals surface area contributed by atoms with Crippen LogP contribution in [0.25, 0.3) is 38.0 Å². The minimum absolute atomic E-state index is 0.650. The number of allylic oxidation sites excluding steroid dienone is 1. The monoisotopic (exact) mass is 289 g/mol. The molecule has 102 valence electrons. The number of rotatable bonds is 0. The highest BCUT2D eigenvalue weighted by molar-refractivity contribution is 7.19. The van der Waals surface area contributed by atoms with Crippen molar-refractivity contribution in [1.82, 2.24) is 4.98 Å². The maximum Gasteiger partial charge on any atom is 0.0472 e. The van der Waals surface area contributed by atoms with Gasteiger partial charge < -0.3 is 4.98 Å². The summed E-state index contributed by atoms with van der Waals surface area (Å²) in [5, 5.41) is 4.06. The van der Waals surface area contributed by atoms with Crippen LogP contribution in [0.2, 0.25) is 0 Å². The molecule has 0 amide bonds. The molecule has 0 aliphatic heterocycles. The SMILES string of the molecule is CC1CC=Cc2c1sc1cc3c(cc21)[nH]c1ccccc13. The number of aromatic nitrogens is 1. The van der Waals surface area contributed by atoms with E-state index in [9.17, 15) is 0 Å². The summed E-state index contributed by atoms with van der Waals surface area (Å²) >= 11 is 1.97. The van der Waals surface area contributed by atoms with Gasteiger partial charge in [-0.05, 0) is 36.1 Å². The third kappa shape index (κ3) is 1.51. The maximum atomic E-state index is 3.56. The van der Waals surface area contributed by atoms with Gasteiger partial charge in [-0.2, -0.15) is 0 Å². The average molecular weight is 289 g/mol. The molecule has 0 radical (unpaired) electrons. The Labute approximate surface area is 126 Å². The molecular formula is C19H15NS. The summed E-state index contributed by atoms with van der Waals surface area (Å²) in [4.78, 5) is 5.10. The number of hydrogen-bond acceptors (Lipinski definition) is 1. The second-order valence-electron chi connectivity index (χ2n) is 5.98. The van der Waals surface area contributed by atoms with Gasteiger partial charge in [0.15, 0.2) is 0 Å². The molecule has 21 heavy (non-hydrogen) atoms. The third-order valence-electron chi connectivity index (χ3n) is 4.60. The van der Waals surface area contributed by atoms with E-state index in [-0.39, 0.29) is 0 Å². The highest BCUT2D eigenvalue weighted by Gasteiger charge is 2.19. The van der Waals surface area contributed by atoms with E-state index in [0.29, 0.717) is 5.92 Å². The molecule has 1 N–H and O–H groups in total. The second kappa shape index (κ2) is 3.99. The van der Waals surface area contributed by atoms with Crippen LogP contribution in [-0.4, -0.2) is 4.98 Å². The van der Waals surface area contributed by atoms with Gasteiger partial charge >= 0.3 is 0 Å². The van der Waals surface area contributed by atoms with Gasteiger partial charge in [0.05, 0.1) is 0 Å². The zero-order valence-corrected chi connectivity index (χ0v) is 12.6. The van der Waals surface area contributed by atoms with Crippen molar-refractivity contribution >= 4 is 49.3 Å². The lowest BCUT2D eigenvalue weighted by atomic mass is 9.94. The number of H-pyrrole nitrogens is 1. The predicted octanol–water partition coefficient (Wildman–Crippen LogP) is 6.06.